The molecule has 0 saturated carbocycles. The number of halogens is 1. The molecule has 0 fully saturated rings. The van der Waals surface area contributed by atoms with E-state index in [9.17, 15) is 9.90 Å². The highest BCUT2D eigenvalue weighted by atomic mass is 35.5. The Hall–Kier alpha value is -3.24. The van der Waals surface area contributed by atoms with E-state index in [1.165, 1.54) is 0 Å². The standard InChI is InChI=1S/C23H19ClO4/c1-27-19-11-9-17(10-12-19)21(23(25)26)14-16-5-4-7-20(13-16)28-15-18-6-2-3-8-22(18)24/h2-14H,15H2,1H3,(H,25,26)/b21-14-. The molecular weight excluding hydrogens is 376 g/mol. The van der Waals surface area contributed by atoms with Crippen LogP contribution in [0.3, 0.4) is 0 Å². The topological polar surface area (TPSA) is 55.8 Å². The quantitative estimate of drug-likeness (QED) is 0.421. The molecule has 0 aliphatic heterocycles. The number of hydrogen-bond donors (Lipinski definition) is 1. The van der Waals surface area contributed by atoms with Gasteiger partial charge in [0.15, 0.2) is 0 Å². The van der Waals surface area contributed by atoms with Gasteiger partial charge in [0.2, 0.25) is 0 Å². The van der Waals surface area contributed by atoms with Crippen LogP contribution >= 0.6 is 11.6 Å². The fourth-order valence-corrected chi connectivity index (χ4v) is 2.87. The van der Waals surface area contributed by atoms with Gasteiger partial charge in [0.25, 0.3) is 0 Å². The molecule has 0 aliphatic rings. The van der Waals surface area contributed by atoms with Gasteiger partial charge in [-0.05, 0) is 47.5 Å². The summed E-state index contributed by atoms with van der Waals surface area (Å²) >= 11 is 6.15. The lowest BCUT2D eigenvalue weighted by atomic mass is 10.0. The maximum Gasteiger partial charge on any atom is 0.336 e. The summed E-state index contributed by atoms with van der Waals surface area (Å²) in [6.07, 6.45) is 1.62. The largest absolute Gasteiger partial charge is 0.497 e. The van der Waals surface area contributed by atoms with Crippen LogP contribution in [0.15, 0.2) is 72.8 Å². The van der Waals surface area contributed by atoms with Crippen LogP contribution in [0.2, 0.25) is 5.02 Å². The first kappa shape index (κ1) is 19.5. The predicted molar refractivity (Wildman–Crippen MR) is 111 cm³/mol. The molecule has 1 N–H and O–H groups in total. The molecular formula is C23H19ClO4. The van der Waals surface area contributed by atoms with Gasteiger partial charge in [0.05, 0.1) is 12.7 Å². The third kappa shape index (κ3) is 4.93. The van der Waals surface area contributed by atoms with Crippen LogP contribution in [0, 0.1) is 0 Å². The minimum atomic E-state index is -1.01. The van der Waals surface area contributed by atoms with Crippen molar-refractivity contribution in [2.24, 2.45) is 0 Å². The van der Waals surface area contributed by atoms with E-state index in [1.807, 2.05) is 42.5 Å². The third-order valence-corrected chi connectivity index (χ3v) is 4.52. The van der Waals surface area contributed by atoms with Gasteiger partial charge in [0, 0.05) is 10.6 Å². The molecule has 0 bridgehead atoms. The Morgan fingerprint density at radius 3 is 2.43 bits per heavy atom. The van der Waals surface area contributed by atoms with Gasteiger partial charge in [-0.25, -0.2) is 4.79 Å². The minimum absolute atomic E-state index is 0.186. The van der Waals surface area contributed by atoms with Crippen LogP contribution in [-0.2, 0) is 11.4 Å². The van der Waals surface area contributed by atoms with Crippen molar-refractivity contribution in [3.63, 3.8) is 0 Å². The monoisotopic (exact) mass is 394 g/mol. The lowest BCUT2D eigenvalue weighted by Gasteiger charge is -2.09. The first-order valence-electron chi connectivity index (χ1n) is 8.62. The van der Waals surface area contributed by atoms with E-state index in [-0.39, 0.29) is 5.57 Å². The Morgan fingerprint density at radius 2 is 1.75 bits per heavy atom. The highest BCUT2D eigenvalue weighted by Crippen LogP contribution is 2.24. The first-order valence-corrected chi connectivity index (χ1v) is 9.00. The zero-order valence-corrected chi connectivity index (χ0v) is 16.0. The second kappa shape index (κ2) is 9.11. The fourth-order valence-electron chi connectivity index (χ4n) is 2.68. The van der Waals surface area contributed by atoms with Crippen LogP contribution in [0.4, 0.5) is 0 Å². The second-order valence-electron chi connectivity index (χ2n) is 6.04. The van der Waals surface area contributed by atoms with E-state index in [4.69, 9.17) is 21.1 Å². The summed E-state index contributed by atoms with van der Waals surface area (Å²) < 4.78 is 10.9. The lowest BCUT2D eigenvalue weighted by molar-refractivity contribution is -0.130. The van der Waals surface area contributed by atoms with Crippen LogP contribution in [0.5, 0.6) is 11.5 Å². The summed E-state index contributed by atoms with van der Waals surface area (Å²) in [4.78, 5) is 11.7. The van der Waals surface area contributed by atoms with Crippen molar-refractivity contribution in [1.29, 1.82) is 0 Å². The van der Waals surface area contributed by atoms with Crippen molar-refractivity contribution in [3.05, 3.63) is 94.5 Å². The Kier molecular flexibility index (Phi) is 6.35. The van der Waals surface area contributed by atoms with Gasteiger partial charge in [-0.15, -0.1) is 0 Å². The molecule has 0 radical (unpaired) electrons. The molecule has 0 aromatic heterocycles. The number of carboxylic acids is 1. The van der Waals surface area contributed by atoms with Crippen LogP contribution in [0.1, 0.15) is 16.7 Å². The molecule has 3 aromatic rings. The number of hydrogen-bond acceptors (Lipinski definition) is 3. The van der Waals surface area contributed by atoms with Crippen molar-refractivity contribution in [3.8, 4) is 11.5 Å². The maximum atomic E-state index is 11.7. The first-order chi connectivity index (χ1) is 13.6. The second-order valence-corrected chi connectivity index (χ2v) is 6.45. The van der Waals surface area contributed by atoms with Crippen LogP contribution in [0.25, 0.3) is 11.6 Å². The molecule has 4 nitrogen and oxygen atoms in total. The number of carboxylic acid groups (broad SMARTS) is 1. The molecule has 0 unspecified atom stereocenters. The summed E-state index contributed by atoms with van der Waals surface area (Å²) in [7, 11) is 1.57. The molecule has 0 aliphatic carbocycles. The Bertz CT molecular complexity index is 993. The summed E-state index contributed by atoms with van der Waals surface area (Å²) in [6, 6.07) is 21.6. The van der Waals surface area contributed by atoms with E-state index in [0.29, 0.717) is 28.7 Å². The van der Waals surface area contributed by atoms with E-state index in [2.05, 4.69) is 0 Å². The van der Waals surface area contributed by atoms with Crippen LogP contribution < -0.4 is 9.47 Å². The van der Waals surface area contributed by atoms with E-state index >= 15 is 0 Å². The molecule has 28 heavy (non-hydrogen) atoms. The summed E-state index contributed by atoms with van der Waals surface area (Å²) in [5, 5.41) is 10.3. The average Bonchev–Trinajstić information content (AvgIpc) is 2.72. The highest BCUT2D eigenvalue weighted by molar-refractivity contribution is 6.31. The molecule has 0 heterocycles. The number of benzene rings is 3. The van der Waals surface area contributed by atoms with Crippen molar-refractivity contribution >= 4 is 29.2 Å². The smallest absolute Gasteiger partial charge is 0.336 e. The summed E-state index contributed by atoms with van der Waals surface area (Å²) in [6.45, 7) is 0.330. The minimum Gasteiger partial charge on any atom is -0.497 e. The number of aliphatic carboxylic acids is 1. The molecule has 0 spiro atoms. The van der Waals surface area contributed by atoms with E-state index in [1.54, 1.807) is 43.5 Å². The summed E-state index contributed by atoms with van der Waals surface area (Å²) in [5.74, 6) is 0.296. The predicted octanol–water partition coefficient (Wildman–Crippen LogP) is 5.55. The molecule has 0 atom stereocenters. The van der Waals surface area contributed by atoms with Gasteiger partial charge in [-0.1, -0.05) is 54.1 Å². The molecule has 0 saturated heterocycles. The number of methoxy groups -OCH3 is 1. The summed E-state index contributed by atoms with van der Waals surface area (Å²) in [5.41, 5.74) is 2.39. The Morgan fingerprint density at radius 1 is 1.00 bits per heavy atom. The van der Waals surface area contributed by atoms with E-state index in [0.717, 1.165) is 11.1 Å². The normalized spacial score (nSPS) is 11.1. The van der Waals surface area contributed by atoms with Crippen molar-refractivity contribution in [2.75, 3.05) is 7.11 Å². The van der Waals surface area contributed by atoms with Crippen molar-refractivity contribution < 1.29 is 19.4 Å². The van der Waals surface area contributed by atoms with Crippen molar-refractivity contribution in [2.45, 2.75) is 6.61 Å². The Labute approximate surface area is 168 Å². The van der Waals surface area contributed by atoms with Gasteiger partial charge >= 0.3 is 5.97 Å². The van der Waals surface area contributed by atoms with Gasteiger partial charge in [-0.2, -0.15) is 0 Å². The van der Waals surface area contributed by atoms with Gasteiger partial charge in [-0.3, -0.25) is 0 Å². The zero-order valence-electron chi connectivity index (χ0n) is 15.3. The zero-order chi connectivity index (χ0) is 19.9. The van der Waals surface area contributed by atoms with Gasteiger partial charge < -0.3 is 14.6 Å². The lowest BCUT2D eigenvalue weighted by Crippen LogP contribution is -2.00. The molecule has 3 aromatic carbocycles. The van der Waals surface area contributed by atoms with Crippen LogP contribution in [-0.4, -0.2) is 18.2 Å². The SMILES string of the molecule is COc1ccc(/C(=C/c2cccc(OCc3ccccc3Cl)c2)C(=O)O)cc1. The third-order valence-electron chi connectivity index (χ3n) is 4.15. The van der Waals surface area contributed by atoms with Gasteiger partial charge in [0.1, 0.15) is 18.1 Å². The van der Waals surface area contributed by atoms with Crippen molar-refractivity contribution in [1.82, 2.24) is 0 Å². The Balaban J connectivity index is 1.82. The number of carbonyl (C=O) groups is 1. The number of ether oxygens (including phenoxy) is 2. The fraction of sp³-hybridized carbons (Fsp3) is 0.0870. The molecule has 5 heteroatoms. The average molecular weight is 395 g/mol. The van der Waals surface area contributed by atoms with E-state index < -0.39 is 5.97 Å². The highest BCUT2D eigenvalue weighted by Gasteiger charge is 2.11. The molecule has 0 amide bonds. The number of rotatable bonds is 7. The maximum absolute atomic E-state index is 11.7. The molecule has 142 valence electrons. The molecule has 3 rings (SSSR count).